The van der Waals surface area contributed by atoms with Crippen LogP contribution < -0.4 is 0 Å². The van der Waals surface area contributed by atoms with Gasteiger partial charge in [-0.1, -0.05) is 15.9 Å². The van der Waals surface area contributed by atoms with E-state index in [1.54, 1.807) is 0 Å². The van der Waals surface area contributed by atoms with Gasteiger partial charge in [-0.25, -0.2) is 4.98 Å². The Labute approximate surface area is 83.5 Å². The van der Waals surface area contributed by atoms with Crippen molar-refractivity contribution >= 4 is 39.7 Å². The van der Waals surface area contributed by atoms with E-state index in [1.165, 1.54) is 0 Å². The van der Waals surface area contributed by atoms with E-state index >= 15 is 0 Å². The summed E-state index contributed by atoms with van der Waals surface area (Å²) in [4.78, 5) is 5.13. The van der Waals surface area contributed by atoms with Gasteiger partial charge in [0.2, 0.25) is 5.89 Å². The Morgan fingerprint density at radius 3 is 3.08 bits per heavy atom. The van der Waals surface area contributed by atoms with Crippen LogP contribution in [0.1, 0.15) is 5.89 Å². The maximum absolute atomic E-state index is 5.38. The second-order valence-corrected chi connectivity index (χ2v) is 3.47. The molecule has 0 saturated heterocycles. The summed E-state index contributed by atoms with van der Waals surface area (Å²) in [5, 5.41) is 0.642. The number of fused-ring (bicyclic) bond motifs is 1. The summed E-state index contributed by atoms with van der Waals surface area (Å²) in [5.74, 6) is 0.698. The zero-order valence-electron chi connectivity index (χ0n) is 6.12. The molecule has 0 aliphatic carbocycles. The zero-order valence-corrected chi connectivity index (χ0v) is 8.60. The van der Waals surface area contributed by atoms with Crippen LogP contribution in [0.2, 0.25) is 0 Å². The highest BCUT2D eigenvalue weighted by Crippen LogP contribution is 2.19. The third kappa shape index (κ3) is 1.36. The van der Waals surface area contributed by atoms with E-state index in [-0.39, 0.29) is 0 Å². The molecule has 0 N–H and O–H groups in total. The van der Waals surface area contributed by atoms with Crippen LogP contribution in [0.4, 0.5) is 0 Å². The molecule has 2 nitrogen and oxygen atoms in total. The summed E-state index contributed by atoms with van der Waals surface area (Å²) in [7, 11) is 0. The SMILES string of the molecule is Sc1ccc2oc(CBr)nc2c1. The summed E-state index contributed by atoms with van der Waals surface area (Å²) in [6.07, 6.45) is 0. The molecule has 62 valence electrons. The summed E-state index contributed by atoms with van der Waals surface area (Å²) >= 11 is 7.48. The highest BCUT2D eigenvalue weighted by Gasteiger charge is 2.03. The van der Waals surface area contributed by atoms with Crippen molar-refractivity contribution in [2.24, 2.45) is 0 Å². The van der Waals surface area contributed by atoms with Crippen LogP contribution in [0, 0.1) is 0 Å². The standard InChI is InChI=1S/C8H6BrNOS/c9-4-8-10-6-3-5(12)1-2-7(6)11-8/h1-3,12H,4H2. The Kier molecular flexibility index (Phi) is 2.11. The average molecular weight is 244 g/mol. The molecule has 1 heterocycles. The third-order valence-corrected chi connectivity index (χ3v) is 2.29. The lowest BCUT2D eigenvalue weighted by Crippen LogP contribution is -1.72. The molecule has 12 heavy (non-hydrogen) atoms. The molecule has 0 aliphatic heterocycles. The van der Waals surface area contributed by atoms with Crippen LogP contribution in [0.3, 0.4) is 0 Å². The first-order valence-electron chi connectivity index (χ1n) is 3.44. The number of halogens is 1. The summed E-state index contributed by atoms with van der Waals surface area (Å²) in [5.41, 5.74) is 1.67. The number of benzene rings is 1. The van der Waals surface area contributed by atoms with Crippen molar-refractivity contribution in [1.82, 2.24) is 4.98 Å². The largest absolute Gasteiger partial charge is 0.440 e. The number of hydrogen-bond acceptors (Lipinski definition) is 3. The van der Waals surface area contributed by atoms with Crippen LogP contribution >= 0.6 is 28.6 Å². The highest BCUT2D eigenvalue weighted by atomic mass is 79.9. The molecule has 2 rings (SSSR count). The fourth-order valence-corrected chi connectivity index (χ4v) is 1.46. The topological polar surface area (TPSA) is 26.0 Å². The maximum Gasteiger partial charge on any atom is 0.206 e. The Morgan fingerprint density at radius 2 is 2.33 bits per heavy atom. The minimum atomic E-state index is 0.642. The van der Waals surface area contributed by atoms with E-state index in [4.69, 9.17) is 4.42 Å². The van der Waals surface area contributed by atoms with E-state index in [0.717, 1.165) is 16.0 Å². The number of aromatic nitrogens is 1. The second kappa shape index (κ2) is 3.11. The van der Waals surface area contributed by atoms with Gasteiger partial charge >= 0.3 is 0 Å². The van der Waals surface area contributed by atoms with Crippen molar-refractivity contribution < 1.29 is 4.42 Å². The van der Waals surface area contributed by atoms with E-state index in [2.05, 4.69) is 33.5 Å². The van der Waals surface area contributed by atoms with Gasteiger partial charge in [0.1, 0.15) is 5.52 Å². The normalized spacial score (nSPS) is 10.8. The molecule has 1 aromatic heterocycles. The molecule has 0 unspecified atom stereocenters. The second-order valence-electron chi connectivity index (χ2n) is 2.39. The number of nitrogens with zero attached hydrogens (tertiary/aromatic N) is 1. The Balaban J connectivity index is 2.67. The summed E-state index contributed by atoms with van der Waals surface area (Å²) in [6.45, 7) is 0. The van der Waals surface area contributed by atoms with Gasteiger partial charge in [-0.05, 0) is 18.2 Å². The summed E-state index contributed by atoms with van der Waals surface area (Å²) < 4.78 is 5.38. The molecule has 0 atom stereocenters. The van der Waals surface area contributed by atoms with Gasteiger partial charge in [0, 0.05) is 4.90 Å². The van der Waals surface area contributed by atoms with Gasteiger partial charge in [0.25, 0.3) is 0 Å². The molecular formula is C8H6BrNOS. The van der Waals surface area contributed by atoms with Crippen molar-refractivity contribution in [1.29, 1.82) is 0 Å². The smallest absolute Gasteiger partial charge is 0.206 e. The molecule has 4 heteroatoms. The average Bonchev–Trinajstić information content (AvgIpc) is 2.46. The molecule has 1 aromatic carbocycles. The first-order valence-corrected chi connectivity index (χ1v) is 5.01. The number of hydrogen-bond donors (Lipinski definition) is 1. The highest BCUT2D eigenvalue weighted by molar-refractivity contribution is 9.08. The monoisotopic (exact) mass is 243 g/mol. The molecule has 0 bridgehead atoms. The van der Waals surface area contributed by atoms with Crippen LogP contribution in [0.5, 0.6) is 0 Å². The van der Waals surface area contributed by atoms with Crippen LogP contribution in [0.25, 0.3) is 11.1 Å². The fourth-order valence-electron chi connectivity index (χ4n) is 1.02. The molecular weight excluding hydrogens is 238 g/mol. The number of rotatable bonds is 1. The number of thiol groups is 1. The third-order valence-electron chi connectivity index (χ3n) is 1.53. The van der Waals surface area contributed by atoms with E-state index in [9.17, 15) is 0 Å². The summed E-state index contributed by atoms with van der Waals surface area (Å²) in [6, 6.07) is 5.64. The number of alkyl halides is 1. The van der Waals surface area contributed by atoms with Crippen molar-refractivity contribution in [3.05, 3.63) is 24.1 Å². The van der Waals surface area contributed by atoms with E-state index in [0.29, 0.717) is 11.2 Å². The first-order chi connectivity index (χ1) is 5.79. The lowest BCUT2D eigenvalue weighted by Gasteiger charge is -1.86. The zero-order chi connectivity index (χ0) is 8.55. The van der Waals surface area contributed by atoms with Gasteiger partial charge in [-0.15, -0.1) is 12.6 Å². The predicted molar refractivity (Wildman–Crippen MR) is 53.9 cm³/mol. The van der Waals surface area contributed by atoms with Crippen molar-refractivity contribution in [3.63, 3.8) is 0 Å². The van der Waals surface area contributed by atoms with Gasteiger partial charge in [0.05, 0.1) is 5.33 Å². The predicted octanol–water partition coefficient (Wildman–Crippen LogP) is 3.01. The van der Waals surface area contributed by atoms with Crippen LogP contribution in [-0.4, -0.2) is 4.98 Å². The van der Waals surface area contributed by atoms with Crippen molar-refractivity contribution in [3.8, 4) is 0 Å². The van der Waals surface area contributed by atoms with Crippen molar-refractivity contribution in [2.75, 3.05) is 0 Å². The Morgan fingerprint density at radius 1 is 1.50 bits per heavy atom. The van der Waals surface area contributed by atoms with Gasteiger partial charge in [0.15, 0.2) is 5.58 Å². The minimum absolute atomic E-state index is 0.642. The number of oxazole rings is 1. The molecule has 2 aromatic rings. The molecule has 0 spiro atoms. The minimum Gasteiger partial charge on any atom is -0.440 e. The Bertz CT molecular complexity index is 412. The van der Waals surface area contributed by atoms with Crippen molar-refractivity contribution in [2.45, 2.75) is 10.2 Å². The molecule has 0 amide bonds. The van der Waals surface area contributed by atoms with Crippen LogP contribution in [-0.2, 0) is 5.33 Å². The lowest BCUT2D eigenvalue weighted by atomic mass is 10.3. The van der Waals surface area contributed by atoms with E-state index in [1.807, 2.05) is 18.2 Å². The molecule has 0 radical (unpaired) electrons. The van der Waals surface area contributed by atoms with Gasteiger partial charge < -0.3 is 4.42 Å². The van der Waals surface area contributed by atoms with Gasteiger partial charge in [-0.3, -0.25) is 0 Å². The maximum atomic E-state index is 5.38. The van der Waals surface area contributed by atoms with Crippen LogP contribution in [0.15, 0.2) is 27.5 Å². The first kappa shape index (κ1) is 8.13. The molecule has 0 aliphatic rings. The lowest BCUT2D eigenvalue weighted by molar-refractivity contribution is 0.557. The fraction of sp³-hybridized carbons (Fsp3) is 0.125. The molecule has 0 saturated carbocycles. The Hall–Kier alpha value is -0.480. The quantitative estimate of drug-likeness (QED) is 0.616. The molecule has 0 fully saturated rings. The van der Waals surface area contributed by atoms with Gasteiger partial charge in [-0.2, -0.15) is 0 Å². The van der Waals surface area contributed by atoms with E-state index < -0.39 is 0 Å².